The number of nitrogens with one attached hydrogen (secondary N) is 1. The van der Waals surface area contributed by atoms with Crippen LogP contribution in [0.2, 0.25) is 0 Å². The number of hydrogen-bond donors (Lipinski definition) is 1. The lowest BCUT2D eigenvalue weighted by Gasteiger charge is -2.04. The van der Waals surface area contributed by atoms with Gasteiger partial charge in [0.1, 0.15) is 0 Å². The molecule has 3 saturated carbocycles. The molecule has 3 aliphatic rings. The molecule has 0 radical (unpaired) electrons. The molecule has 3 fully saturated rings. The van der Waals surface area contributed by atoms with Gasteiger partial charge >= 0.3 is 0 Å². The van der Waals surface area contributed by atoms with E-state index in [0.29, 0.717) is 17.9 Å². The van der Waals surface area contributed by atoms with Gasteiger partial charge in [-0.2, -0.15) is 0 Å². The van der Waals surface area contributed by atoms with E-state index in [4.69, 9.17) is 0 Å². The minimum atomic E-state index is 0.374. The highest BCUT2D eigenvalue weighted by atomic mass is 16.2. The maximum Gasteiger partial charge on any atom is 0.223 e. The lowest BCUT2D eigenvalue weighted by Crippen LogP contribution is -2.27. The fourth-order valence-electron chi connectivity index (χ4n) is 2.91. The van der Waals surface area contributed by atoms with E-state index in [1.807, 2.05) is 0 Å². The van der Waals surface area contributed by atoms with Gasteiger partial charge in [0.05, 0.1) is 0 Å². The van der Waals surface area contributed by atoms with Gasteiger partial charge in [0.15, 0.2) is 0 Å². The van der Waals surface area contributed by atoms with E-state index >= 15 is 0 Å². The van der Waals surface area contributed by atoms with Crippen molar-refractivity contribution in [3.05, 3.63) is 0 Å². The van der Waals surface area contributed by atoms with E-state index in [1.165, 1.54) is 38.5 Å². The average Bonchev–Trinajstić information content (AvgIpc) is 2.96. The van der Waals surface area contributed by atoms with Crippen LogP contribution in [0, 0.1) is 17.8 Å². The first kappa shape index (κ1) is 7.84. The number of rotatable bonds is 2. The number of carbonyl (C=O) groups is 1. The Bertz CT molecular complexity index is 222. The first-order valence-corrected chi connectivity index (χ1v) is 5.66. The topological polar surface area (TPSA) is 29.1 Å². The highest BCUT2D eigenvalue weighted by molar-refractivity contribution is 5.82. The summed E-state index contributed by atoms with van der Waals surface area (Å²) in [4.78, 5) is 11.7. The predicted molar refractivity (Wildman–Crippen MR) is 50.1 cm³/mol. The first-order chi connectivity index (χ1) is 6.36. The Morgan fingerprint density at radius 3 is 2.15 bits per heavy atom. The Balaban J connectivity index is 1.57. The molecule has 2 unspecified atom stereocenters. The van der Waals surface area contributed by atoms with Crippen molar-refractivity contribution in [1.29, 1.82) is 0 Å². The fraction of sp³-hybridized carbons (Fsp3) is 0.909. The maximum atomic E-state index is 11.7. The molecule has 13 heavy (non-hydrogen) atoms. The third kappa shape index (κ3) is 1.36. The van der Waals surface area contributed by atoms with Gasteiger partial charge in [0.25, 0.3) is 0 Å². The van der Waals surface area contributed by atoms with E-state index in [-0.39, 0.29) is 0 Å². The summed E-state index contributed by atoms with van der Waals surface area (Å²) in [6.07, 6.45) is 7.77. The largest absolute Gasteiger partial charge is 0.353 e. The van der Waals surface area contributed by atoms with Crippen LogP contribution in [-0.4, -0.2) is 11.9 Å². The molecule has 0 aromatic rings. The first-order valence-electron chi connectivity index (χ1n) is 5.66. The zero-order chi connectivity index (χ0) is 8.84. The van der Waals surface area contributed by atoms with E-state index in [0.717, 1.165) is 11.8 Å². The van der Waals surface area contributed by atoms with Gasteiger partial charge in [-0.1, -0.05) is 12.8 Å². The second-order valence-corrected chi connectivity index (χ2v) is 4.92. The molecule has 1 amide bonds. The van der Waals surface area contributed by atoms with Crippen LogP contribution in [0.15, 0.2) is 0 Å². The summed E-state index contributed by atoms with van der Waals surface area (Å²) in [6, 6.07) is 0.551. The highest BCUT2D eigenvalue weighted by Crippen LogP contribution is 2.55. The normalized spacial score (nSPS) is 42.3. The van der Waals surface area contributed by atoms with Crippen molar-refractivity contribution in [3.63, 3.8) is 0 Å². The Labute approximate surface area is 79.1 Å². The van der Waals surface area contributed by atoms with Crippen molar-refractivity contribution in [2.75, 3.05) is 0 Å². The number of fused-ring (bicyclic) bond motifs is 1. The second kappa shape index (κ2) is 2.73. The lowest BCUT2D eigenvalue weighted by atomic mass is 10.0. The molecule has 3 rings (SSSR count). The number of hydrogen-bond acceptors (Lipinski definition) is 1. The third-order valence-electron chi connectivity index (χ3n) is 3.88. The van der Waals surface area contributed by atoms with Gasteiger partial charge < -0.3 is 5.32 Å². The van der Waals surface area contributed by atoms with Crippen LogP contribution in [0.3, 0.4) is 0 Å². The Morgan fingerprint density at radius 2 is 1.62 bits per heavy atom. The van der Waals surface area contributed by atoms with Gasteiger partial charge in [-0.3, -0.25) is 4.79 Å². The SMILES string of the molecule is O=C(NC1CC1)C1C2CCCCC21. The van der Waals surface area contributed by atoms with Gasteiger partial charge in [0.2, 0.25) is 5.91 Å². The van der Waals surface area contributed by atoms with Crippen molar-refractivity contribution in [2.45, 2.75) is 44.6 Å². The van der Waals surface area contributed by atoms with E-state index < -0.39 is 0 Å². The van der Waals surface area contributed by atoms with Crippen LogP contribution >= 0.6 is 0 Å². The maximum absolute atomic E-state index is 11.7. The minimum absolute atomic E-state index is 0.374. The standard InChI is InChI=1S/C11H17NO/c13-11(12-7-5-6-7)10-8-3-1-2-4-9(8)10/h7-10H,1-6H2,(H,12,13). The molecule has 2 atom stereocenters. The Kier molecular flexibility index (Phi) is 1.64. The molecule has 72 valence electrons. The smallest absolute Gasteiger partial charge is 0.223 e. The quantitative estimate of drug-likeness (QED) is 0.687. The molecule has 1 N–H and O–H groups in total. The molecule has 3 aliphatic carbocycles. The van der Waals surface area contributed by atoms with Crippen molar-refractivity contribution in [1.82, 2.24) is 5.32 Å². The van der Waals surface area contributed by atoms with Crippen molar-refractivity contribution in [2.24, 2.45) is 17.8 Å². The fourth-order valence-corrected chi connectivity index (χ4v) is 2.91. The molecular weight excluding hydrogens is 162 g/mol. The summed E-state index contributed by atoms with van der Waals surface area (Å²) in [5.41, 5.74) is 0. The second-order valence-electron chi connectivity index (χ2n) is 4.92. The van der Waals surface area contributed by atoms with Gasteiger partial charge in [-0.25, -0.2) is 0 Å². The molecule has 0 aromatic carbocycles. The highest BCUT2D eigenvalue weighted by Gasteiger charge is 2.55. The molecule has 2 nitrogen and oxygen atoms in total. The molecule has 0 heterocycles. The van der Waals surface area contributed by atoms with Crippen molar-refractivity contribution in [3.8, 4) is 0 Å². The summed E-state index contributed by atoms with van der Waals surface area (Å²) in [6.45, 7) is 0. The van der Waals surface area contributed by atoms with E-state index in [2.05, 4.69) is 5.32 Å². The zero-order valence-corrected chi connectivity index (χ0v) is 7.96. The van der Waals surface area contributed by atoms with Gasteiger partial charge in [-0.05, 0) is 37.5 Å². The molecule has 0 saturated heterocycles. The molecule has 0 aliphatic heterocycles. The number of carbonyl (C=O) groups excluding carboxylic acids is 1. The van der Waals surface area contributed by atoms with Crippen molar-refractivity contribution < 1.29 is 4.79 Å². The number of amides is 1. The monoisotopic (exact) mass is 179 g/mol. The van der Waals surface area contributed by atoms with Crippen LogP contribution in [-0.2, 0) is 4.79 Å². The van der Waals surface area contributed by atoms with Crippen LogP contribution in [0.5, 0.6) is 0 Å². The molecule has 0 spiro atoms. The van der Waals surface area contributed by atoms with Gasteiger partial charge in [0, 0.05) is 12.0 Å². The predicted octanol–water partition coefficient (Wildman–Crippen LogP) is 1.70. The lowest BCUT2D eigenvalue weighted by molar-refractivity contribution is -0.123. The molecular formula is C11H17NO. The summed E-state index contributed by atoms with van der Waals surface area (Å²) >= 11 is 0. The molecule has 2 heteroatoms. The average molecular weight is 179 g/mol. The van der Waals surface area contributed by atoms with Crippen molar-refractivity contribution >= 4 is 5.91 Å². The van der Waals surface area contributed by atoms with Crippen LogP contribution in [0.4, 0.5) is 0 Å². The third-order valence-corrected chi connectivity index (χ3v) is 3.88. The van der Waals surface area contributed by atoms with E-state index in [9.17, 15) is 4.79 Å². The van der Waals surface area contributed by atoms with E-state index in [1.54, 1.807) is 0 Å². The summed E-state index contributed by atoms with van der Waals surface area (Å²) < 4.78 is 0. The Morgan fingerprint density at radius 1 is 1.00 bits per heavy atom. The van der Waals surface area contributed by atoms with Gasteiger partial charge in [-0.15, -0.1) is 0 Å². The van der Waals surface area contributed by atoms with Crippen LogP contribution < -0.4 is 5.32 Å². The molecule has 0 aromatic heterocycles. The molecule has 0 bridgehead atoms. The van der Waals surface area contributed by atoms with Crippen LogP contribution in [0.25, 0.3) is 0 Å². The minimum Gasteiger partial charge on any atom is -0.353 e. The Hall–Kier alpha value is -0.530. The summed E-state index contributed by atoms with van der Waals surface area (Å²) in [5, 5.41) is 3.13. The summed E-state index contributed by atoms with van der Waals surface area (Å²) in [5.74, 6) is 2.34. The summed E-state index contributed by atoms with van der Waals surface area (Å²) in [7, 11) is 0. The zero-order valence-electron chi connectivity index (χ0n) is 7.96. The van der Waals surface area contributed by atoms with Crippen LogP contribution in [0.1, 0.15) is 38.5 Å².